The van der Waals surface area contributed by atoms with E-state index in [2.05, 4.69) is 5.32 Å². The van der Waals surface area contributed by atoms with Gasteiger partial charge in [-0.3, -0.25) is 14.2 Å². The van der Waals surface area contributed by atoms with Gasteiger partial charge in [0, 0.05) is 35.5 Å². The van der Waals surface area contributed by atoms with E-state index in [0.29, 0.717) is 9.22 Å². The van der Waals surface area contributed by atoms with Gasteiger partial charge in [-0.2, -0.15) is 0 Å². The average Bonchev–Trinajstić information content (AvgIpc) is 2.62. The van der Waals surface area contributed by atoms with Crippen molar-refractivity contribution in [3.05, 3.63) is 66.0 Å². The summed E-state index contributed by atoms with van der Waals surface area (Å²) in [6, 6.07) is 5.73. The molecular weight excluding hydrogens is 468 g/mol. The fraction of sp³-hybridized carbons (Fsp3) is 0.222. The number of rotatable bonds is 4. The molecule has 142 valence electrons. The van der Waals surface area contributed by atoms with Crippen LogP contribution in [0.4, 0.5) is 15.8 Å². The van der Waals surface area contributed by atoms with E-state index in [1.807, 2.05) is 22.6 Å². The Hall–Kier alpha value is -2.24. The van der Waals surface area contributed by atoms with E-state index in [4.69, 9.17) is 0 Å². The highest BCUT2D eigenvalue weighted by Crippen LogP contribution is 2.26. The summed E-state index contributed by atoms with van der Waals surface area (Å²) in [6.07, 6.45) is 0.00785. The minimum Gasteiger partial charge on any atom is -0.393 e. The zero-order valence-corrected chi connectivity index (χ0v) is 16.7. The predicted molar refractivity (Wildman–Crippen MR) is 109 cm³/mol. The van der Waals surface area contributed by atoms with E-state index in [1.54, 1.807) is 13.1 Å². The molecule has 3 N–H and O–H groups in total. The molecule has 0 aliphatic rings. The number of hydrogen-bond acceptors (Lipinski definition) is 5. The monoisotopic (exact) mass is 485 g/mol. The Morgan fingerprint density at radius 3 is 2.56 bits per heavy atom. The van der Waals surface area contributed by atoms with E-state index >= 15 is 0 Å². The molecule has 0 bridgehead atoms. The van der Waals surface area contributed by atoms with Crippen molar-refractivity contribution in [3.8, 4) is 0 Å². The summed E-state index contributed by atoms with van der Waals surface area (Å²) in [7, 11) is 3.13. The lowest BCUT2D eigenvalue weighted by Crippen LogP contribution is -2.26. The third-order valence-corrected chi connectivity index (χ3v) is 4.97. The molecule has 7 nitrogen and oxygen atoms in total. The zero-order chi connectivity index (χ0) is 19.9. The molecule has 0 saturated carbocycles. The van der Waals surface area contributed by atoms with Gasteiger partial charge in [0.15, 0.2) is 5.43 Å². The topological polar surface area (TPSA) is 96.5 Å². The SMILES string of the molecule is Cn1cc([C@@H](O)CO)c(=O)c2c(Nc3ccc(I)cc3F)cc(=O)n(C)c21. The molecule has 9 heteroatoms. The summed E-state index contributed by atoms with van der Waals surface area (Å²) >= 11 is 1.98. The van der Waals surface area contributed by atoms with Crippen molar-refractivity contribution in [2.24, 2.45) is 14.1 Å². The number of anilines is 2. The van der Waals surface area contributed by atoms with E-state index in [0.717, 1.165) is 0 Å². The molecule has 2 aromatic heterocycles. The summed E-state index contributed by atoms with van der Waals surface area (Å²) in [5.74, 6) is -0.529. The lowest BCUT2D eigenvalue weighted by molar-refractivity contribution is 0.0945. The van der Waals surface area contributed by atoms with E-state index in [-0.39, 0.29) is 27.9 Å². The van der Waals surface area contributed by atoms with Crippen LogP contribution in [0, 0.1) is 9.39 Å². The van der Waals surface area contributed by atoms with Crippen molar-refractivity contribution < 1.29 is 14.6 Å². The van der Waals surface area contributed by atoms with Crippen molar-refractivity contribution >= 4 is 45.0 Å². The molecule has 0 radical (unpaired) electrons. The van der Waals surface area contributed by atoms with Gasteiger partial charge in [-0.05, 0) is 40.8 Å². The molecule has 0 amide bonds. The van der Waals surface area contributed by atoms with Gasteiger partial charge in [0.1, 0.15) is 17.6 Å². The maximum absolute atomic E-state index is 14.3. The molecule has 0 aliphatic heterocycles. The van der Waals surface area contributed by atoms with Crippen LogP contribution in [0.15, 0.2) is 40.1 Å². The Kier molecular flexibility index (Phi) is 5.36. The van der Waals surface area contributed by atoms with Crippen molar-refractivity contribution in [1.82, 2.24) is 9.13 Å². The molecule has 3 aromatic rings. The van der Waals surface area contributed by atoms with E-state index < -0.39 is 24.0 Å². The number of nitrogens with one attached hydrogen (secondary N) is 1. The lowest BCUT2D eigenvalue weighted by Gasteiger charge is -2.17. The number of aryl methyl sites for hydroxylation is 2. The van der Waals surface area contributed by atoms with Crippen LogP contribution in [0.25, 0.3) is 11.0 Å². The second kappa shape index (κ2) is 7.41. The Labute approximate surface area is 166 Å². The molecule has 0 unspecified atom stereocenters. The van der Waals surface area contributed by atoms with Gasteiger partial charge >= 0.3 is 0 Å². The first-order valence-corrected chi connectivity index (χ1v) is 9.06. The summed E-state index contributed by atoms with van der Waals surface area (Å²) in [4.78, 5) is 25.3. The minimum atomic E-state index is -1.37. The molecule has 1 atom stereocenters. The number of aliphatic hydroxyl groups is 2. The first-order valence-electron chi connectivity index (χ1n) is 7.99. The first kappa shape index (κ1) is 19.5. The average molecular weight is 485 g/mol. The molecule has 0 spiro atoms. The quantitative estimate of drug-likeness (QED) is 0.490. The van der Waals surface area contributed by atoms with E-state index in [9.17, 15) is 24.2 Å². The zero-order valence-electron chi connectivity index (χ0n) is 14.5. The lowest BCUT2D eigenvalue weighted by atomic mass is 10.1. The van der Waals surface area contributed by atoms with Crippen molar-refractivity contribution in [1.29, 1.82) is 0 Å². The number of benzene rings is 1. The predicted octanol–water partition coefficient (Wildman–Crippen LogP) is 1.75. The normalized spacial score (nSPS) is 12.4. The molecule has 0 saturated heterocycles. The van der Waals surface area contributed by atoms with Crippen LogP contribution in [0.1, 0.15) is 11.7 Å². The largest absolute Gasteiger partial charge is 0.393 e. The van der Waals surface area contributed by atoms with Crippen LogP contribution in [-0.4, -0.2) is 26.0 Å². The number of pyridine rings is 2. The Morgan fingerprint density at radius 2 is 1.93 bits per heavy atom. The van der Waals surface area contributed by atoms with Gasteiger partial charge in [-0.15, -0.1) is 0 Å². The third kappa shape index (κ3) is 3.49. The highest BCUT2D eigenvalue weighted by atomic mass is 127. The van der Waals surface area contributed by atoms with Crippen LogP contribution < -0.4 is 16.3 Å². The maximum Gasteiger partial charge on any atom is 0.253 e. The van der Waals surface area contributed by atoms with Crippen LogP contribution in [0.3, 0.4) is 0 Å². The highest BCUT2D eigenvalue weighted by Gasteiger charge is 2.20. The molecular formula is C18H17FIN3O4. The number of aliphatic hydroxyl groups excluding tert-OH is 2. The number of halogens is 2. The molecule has 0 aliphatic carbocycles. The van der Waals surface area contributed by atoms with Crippen LogP contribution in [-0.2, 0) is 14.1 Å². The molecule has 3 rings (SSSR count). The van der Waals surface area contributed by atoms with Gasteiger partial charge in [0.05, 0.1) is 23.4 Å². The molecule has 27 heavy (non-hydrogen) atoms. The second-order valence-corrected chi connectivity index (χ2v) is 7.37. The van der Waals surface area contributed by atoms with Gasteiger partial charge in [0.25, 0.3) is 5.56 Å². The fourth-order valence-corrected chi connectivity index (χ4v) is 3.42. The van der Waals surface area contributed by atoms with Crippen molar-refractivity contribution in [2.45, 2.75) is 6.10 Å². The smallest absolute Gasteiger partial charge is 0.253 e. The molecule has 2 heterocycles. The summed E-state index contributed by atoms with van der Waals surface area (Å²) in [6.45, 7) is -0.624. The summed E-state index contributed by atoms with van der Waals surface area (Å²) in [5, 5.41) is 22.1. The van der Waals surface area contributed by atoms with Gasteiger partial charge in [-0.1, -0.05) is 0 Å². The number of fused-ring (bicyclic) bond motifs is 1. The van der Waals surface area contributed by atoms with Crippen molar-refractivity contribution in [3.63, 3.8) is 0 Å². The third-order valence-electron chi connectivity index (χ3n) is 4.30. The van der Waals surface area contributed by atoms with Gasteiger partial charge in [0.2, 0.25) is 0 Å². The van der Waals surface area contributed by atoms with Crippen molar-refractivity contribution in [2.75, 3.05) is 11.9 Å². The number of aromatic nitrogens is 2. The Balaban J connectivity index is 2.35. The van der Waals surface area contributed by atoms with Gasteiger partial charge in [-0.25, -0.2) is 4.39 Å². The van der Waals surface area contributed by atoms with E-state index in [1.165, 1.54) is 40.6 Å². The number of nitrogens with zero attached hydrogens (tertiary/aromatic N) is 2. The van der Waals surface area contributed by atoms with Crippen LogP contribution in [0.2, 0.25) is 0 Å². The first-order chi connectivity index (χ1) is 12.7. The number of hydrogen-bond donors (Lipinski definition) is 3. The Morgan fingerprint density at radius 1 is 1.22 bits per heavy atom. The van der Waals surface area contributed by atoms with Crippen LogP contribution in [0.5, 0.6) is 0 Å². The molecule has 0 fully saturated rings. The fourth-order valence-electron chi connectivity index (χ4n) is 2.96. The summed E-state index contributed by atoms with van der Waals surface area (Å²) in [5.41, 5.74) is -0.414. The van der Waals surface area contributed by atoms with Gasteiger partial charge < -0.3 is 20.1 Å². The summed E-state index contributed by atoms with van der Waals surface area (Å²) < 4.78 is 17.8. The Bertz CT molecular complexity index is 1160. The second-order valence-electron chi connectivity index (χ2n) is 6.13. The minimum absolute atomic E-state index is 0.0164. The highest BCUT2D eigenvalue weighted by molar-refractivity contribution is 14.1. The standard InChI is InChI=1S/C18H17FIN3O4/c1-22-7-10(14(25)8-24)17(27)16-13(6-15(26)23(2)18(16)22)21-12-4-3-9(20)5-11(12)19/h3-7,14,21,24-25H,8H2,1-2H3/t14-/m0/s1. The molecule has 1 aromatic carbocycles. The van der Waals surface area contributed by atoms with Crippen LogP contribution >= 0.6 is 22.6 Å². The maximum atomic E-state index is 14.3.